The molecule has 1 fully saturated rings. The Morgan fingerprint density at radius 1 is 1.29 bits per heavy atom. The van der Waals surface area contributed by atoms with Gasteiger partial charge in [0.1, 0.15) is 0 Å². The Bertz CT molecular complexity index is 516. The SMILES string of the molecule is CNCCC1CCN(C(=O)C(C)(C)Sc2ccc(Br)cc2)CC1.Cl. The van der Waals surface area contributed by atoms with Crippen LogP contribution in [0.5, 0.6) is 0 Å². The molecule has 24 heavy (non-hydrogen) atoms. The molecule has 0 saturated carbocycles. The molecule has 0 aliphatic carbocycles. The maximum Gasteiger partial charge on any atom is 0.238 e. The second kappa shape index (κ2) is 10.0. The first-order valence-corrected chi connectivity index (χ1v) is 9.92. The summed E-state index contributed by atoms with van der Waals surface area (Å²) in [5, 5.41) is 3.22. The van der Waals surface area contributed by atoms with Crippen LogP contribution >= 0.6 is 40.1 Å². The minimum atomic E-state index is -0.425. The molecule has 1 aliphatic rings. The van der Waals surface area contributed by atoms with Gasteiger partial charge in [-0.3, -0.25) is 4.79 Å². The summed E-state index contributed by atoms with van der Waals surface area (Å²) in [6.45, 7) is 6.95. The van der Waals surface area contributed by atoms with Crippen LogP contribution in [0.25, 0.3) is 0 Å². The van der Waals surface area contributed by atoms with Crippen LogP contribution in [0.2, 0.25) is 0 Å². The molecule has 0 spiro atoms. The second-order valence-electron chi connectivity index (χ2n) is 6.69. The Balaban J connectivity index is 0.00000288. The van der Waals surface area contributed by atoms with E-state index in [0.717, 1.165) is 47.8 Å². The molecule has 0 radical (unpaired) electrons. The van der Waals surface area contributed by atoms with Gasteiger partial charge in [-0.25, -0.2) is 0 Å². The number of halogens is 2. The van der Waals surface area contributed by atoms with Gasteiger partial charge >= 0.3 is 0 Å². The Kier molecular flexibility index (Phi) is 9.13. The number of hydrogen-bond acceptors (Lipinski definition) is 3. The molecular weight excluding hydrogens is 408 g/mol. The largest absolute Gasteiger partial charge is 0.341 e. The minimum Gasteiger partial charge on any atom is -0.341 e. The monoisotopic (exact) mass is 434 g/mol. The van der Waals surface area contributed by atoms with Crippen LogP contribution < -0.4 is 5.32 Å². The van der Waals surface area contributed by atoms with Crippen LogP contribution in [0.4, 0.5) is 0 Å². The van der Waals surface area contributed by atoms with E-state index in [4.69, 9.17) is 0 Å². The standard InChI is InChI=1S/C18H27BrN2OS.ClH/c1-18(2,23-16-6-4-15(19)5-7-16)17(22)21-12-9-14(10-13-21)8-11-20-3;/h4-7,14,20H,8-13H2,1-3H3;1H. The van der Waals surface area contributed by atoms with Crippen LogP contribution in [0.15, 0.2) is 33.6 Å². The lowest BCUT2D eigenvalue weighted by Crippen LogP contribution is -2.47. The summed E-state index contributed by atoms with van der Waals surface area (Å²) in [6, 6.07) is 8.17. The summed E-state index contributed by atoms with van der Waals surface area (Å²) in [7, 11) is 2.00. The van der Waals surface area contributed by atoms with Crippen molar-refractivity contribution in [1.82, 2.24) is 10.2 Å². The van der Waals surface area contributed by atoms with Gasteiger partial charge in [0.15, 0.2) is 0 Å². The van der Waals surface area contributed by atoms with E-state index in [9.17, 15) is 4.79 Å². The Labute approximate surface area is 164 Å². The van der Waals surface area contributed by atoms with Gasteiger partial charge in [0.2, 0.25) is 5.91 Å². The lowest BCUT2D eigenvalue weighted by Gasteiger charge is -2.36. The smallest absolute Gasteiger partial charge is 0.238 e. The average molecular weight is 436 g/mol. The zero-order valence-corrected chi connectivity index (χ0v) is 17.9. The number of nitrogens with one attached hydrogen (secondary N) is 1. The summed E-state index contributed by atoms with van der Waals surface area (Å²) in [5.41, 5.74) is 0. The number of thioether (sulfide) groups is 1. The maximum atomic E-state index is 12.9. The van der Waals surface area contributed by atoms with E-state index in [2.05, 4.69) is 38.3 Å². The van der Waals surface area contributed by atoms with Crippen molar-refractivity contribution in [2.45, 2.75) is 42.8 Å². The van der Waals surface area contributed by atoms with Gasteiger partial charge < -0.3 is 10.2 Å². The molecule has 1 saturated heterocycles. The first kappa shape index (κ1) is 21.8. The molecule has 1 aromatic rings. The van der Waals surface area contributed by atoms with E-state index < -0.39 is 4.75 Å². The zero-order chi connectivity index (χ0) is 16.9. The first-order chi connectivity index (χ1) is 10.9. The molecule has 6 heteroatoms. The average Bonchev–Trinajstić information content (AvgIpc) is 2.54. The molecule has 1 amide bonds. The fourth-order valence-electron chi connectivity index (χ4n) is 2.99. The van der Waals surface area contributed by atoms with Crippen LogP contribution in [-0.4, -0.2) is 42.2 Å². The maximum absolute atomic E-state index is 12.9. The van der Waals surface area contributed by atoms with Crippen molar-refractivity contribution in [3.63, 3.8) is 0 Å². The lowest BCUT2D eigenvalue weighted by atomic mass is 9.93. The zero-order valence-electron chi connectivity index (χ0n) is 14.7. The van der Waals surface area contributed by atoms with Crippen LogP contribution in [0.1, 0.15) is 33.1 Å². The number of benzene rings is 1. The summed E-state index contributed by atoms with van der Waals surface area (Å²) in [5.74, 6) is 1.02. The van der Waals surface area contributed by atoms with E-state index in [1.54, 1.807) is 11.8 Å². The van der Waals surface area contributed by atoms with Crippen molar-refractivity contribution in [3.05, 3.63) is 28.7 Å². The van der Waals surface area contributed by atoms with Crippen LogP contribution in [-0.2, 0) is 4.79 Å². The van der Waals surface area contributed by atoms with Crippen LogP contribution in [0.3, 0.4) is 0 Å². The summed E-state index contributed by atoms with van der Waals surface area (Å²) in [4.78, 5) is 16.1. The molecule has 1 heterocycles. The van der Waals surface area contributed by atoms with E-state index >= 15 is 0 Å². The molecule has 0 atom stereocenters. The van der Waals surface area contributed by atoms with Gasteiger partial charge in [-0.2, -0.15) is 0 Å². The van der Waals surface area contributed by atoms with Gasteiger partial charge in [-0.1, -0.05) is 15.9 Å². The molecule has 0 unspecified atom stereocenters. The molecule has 1 aliphatic heterocycles. The van der Waals surface area contributed by atoms with E-state index in [1.165, 1.54) is 6.42 Å². The third kappa shape index (κ3) is 6.25. The molecule has 0 bridgehead atoms. The topological polar surface area (TPSA) is 32.3 Å². The number of hydrogen-bond donors (Lipinski definition) is 1. The highest BCUT2D eigenvalue weighted by Gasteiger charge is 2.34. The fraction of sp³-hybridized carbons (Fsp3) is 0.611. The normalized spacial score (nSPS) is 15.9. The van der Waals surface area contributed by atoms with Gasteiger partial charge in [-0.15, -0.1) is 24.2 Å². The molecule has 1 N–H and O–H groups in total. The summed E-state index contributed by atoms with van der Waals surface area (Å²) in [6.07, 6.45) is 3.48. The number of nitrogens with zero attached hydrogens (tertiary/aromatic N) is 1. The number of carbonyl (C=O) groups is 1. The second-order valence-corrected chi connectivity index (χ2v) is 9.31. The Morgan fingerprint density at radius 3 is 2.42 bits per heavy atom. The molecule has 1 aromatic carbocycles. The third-order valence-electron chi connectivity index (χ3n) is 4.41. The molecule has 2 rings (SSSR count). The summed E-state index contributed by atoms with van der Waals surface area (Å²) >= 11 is 5.10. The van der Waals surface area contributed by atoms with Gasteiger partial charge in [0.25, 0.3) is 0 Å². The highest BCUT2D eigenvalue weighted by molar-refractivity contribution is 9.10. The highest BCUT2D eigenvalue weighted by Crippen LogP contribution is 2.35. The van der Waals surface area contributed by atoms with Crippen molar-refractivity contribution in [3.8, 4) is 0 Å². The molecule has 0 aromatic heterocycles. The quantitative estimate of drug-likeness (QED) is 0.663. The predicted molar refractivity (Wildman–Crippen MR) is 109 cm³/mol. The number of amides is 1. The predicted octanol–water partition coefficient (Wildman–Crippen LogP) is 4.59. The fourth-order valence-corrected chi connectivity index (χ4v) is 4.34. The highest BCUT2D eigenvalue weighted by atomic mass is 79.9. The third-order valence-corrected chi connectivity index (χ3v) is 6.13. The first-order valence-electron chi connectivity index (χ1n) is 8.31. The Hall–Kier alpha value is -0.230. The van der Waals surface area contributed by atoms with Crippen molar-refractivity contribution < 1.29 is 4.79 Å². The molecule has 136 valence electrons. The van der Waals surface area contributed by atoms with Gasteiger partial charge in [-0.05, 0) is 76.9 Å². The minimum absolute atomic E-state index is 0. The van der Waals surface area contributed by atoms with Crippen molar-refractivity contribution in [1.29, 1.82) is 0 Å². The van der Waals surface area contributed by atoms with E-state index in [-0.39, 0.29) is 18.3 Å². The van der Waals surface area contributed by atoms with E-state index in [0.29, 0.717) is 0 Å². The van der Waals surface area contributed by atoms with Gasteiger partial charge in [0, 0.05) is 22.5 Å². The number of piperidine rings is 1. The van der Waals surface area contributed by atoms with Crippen molar-refractivity contribution in [2.24, 2.45) is 5.92 Å². The number of rotatable bonds is 6. The van der Waals surface area contributed by atoms with Crippen molar-refractivity contribution in [2.75, 3.05) is 26.7 Å². The van der Waals surface area contributed by atoms with Gasteiger partial charge in [0.05, 0.1) is 4.75 Å². The van der Waals surface area contributed by atoms with E-state index in [1.807, 2.05) is 33.0 Å². The van der Waals surface area contributed by atoms with Crippen molar-refractivity contribution >= 4 is 46.0 Å². The Morgan fingerprint density at radius 2 is 1.88 bits per heavy atom. The number of likely N-dealkylation sites (tertiary alicyclic amines) is 1. The number of carbonyl (C=O) groups excluding carboxylic acids is 1. The molecular formula is C18H28BrClN2OS. The molecule has 3 nitrogen and oxygen atoms in total. The van der Waals surface area contributed by atoms with Crippen LogP contribution in [0, 0.1) is 5.92 Å². The summed E-state index contributed by atoms with van der Waals surface area (Å²) < 4.78 is 0.640. The lowest BCUT2D eigenvalue weighted by molar-refractivity contribution is -0.134.